The first-order valence-electron chi connectivity index (χ1n) is 15.1. The molecular formula is C30H47N7O9. The van der Waals surface area contributed by atoms with Crippen molar-refractivity contribution in [2.75, 3.05) is 60.3 Å². The van der Waals surface area contributed by atoms with Crippen molar-refractivity contribution in [1.82, 2.24) is 21.1 Å². The van der Waals surface area contributed by atoms with Crippen LogP contribution in [0.15, 0.2) is 35.4 Å². The molecule has 16 nitrogen and oxygen atoms in total. The number of benzene rings is 1. The van der Waals surface area contributed by atoms with Gasteiger partial charge in [0.2, 0.25) is 11.8 Å². The van der Waals surface area contributed by atoms with Gasteiger partial charge < -0.3 is 34.3 Å². The fraction of sp³-hybridized carbons (Fsp3) is 0.667. The molecular weight excluding hydrogens is 602 g/mol. The zero-order valence-electron chi connectivity index (χ0n) is 27.2. The molecule has 0 heterocycles. The molecule has 0 unspecified atom stereocenters. The molecule has 256 valence electrons. The predicted octanol–water partition coefficient (Wildman–Crippen LogP) is 2.09. The summed E-state index contributed by atoms with van der Waals surface area (Å²) in [6.45, 7) is 6.24. The van der Waals surface area contributed by atoms with E-state index in [1.807, 2.05) is 30.3 Å². The Balaban J connectivity index is 2.00. The minimum Gasteiger partial charge on any atom is -0.460 e. The Bertz CT molecular complexity index is 1160. The fourth-order valence-corrected chi connectivity index (χ4v) is 4.38. The third-order valence-electron chi connectivity index (χ3n) is 6.63. The topological polar surface area (TPSA) is 203 Å². The lowest BCUT2D eigenvalue weighted by molar-refractivity contribution is -0.147. The summed E-state index contributed by atoms with van der Waals surface area (Å²) in [7, 11) is 3.08. The van der Waals surface area contributed by atoms with E-state index in [9.17, 15) is 19.2 Å². The van der Waals surface area contributed by atoms with E-state index in [2.05, 4.69) is 26.1 Å². The van der Waals surface area contributed by atoms with Crippen molar-refractivity contribution in [2.24, 2.45) is 17.0 Å². The van der Waals surface area contributed by atoms with E-state index in [0.717, 1.165) is 5.56 Å². The molecule has 0 aliphatic heterocycles. The summed E-state index contributed by atoms with van der Waals surface area (Å²) < 4.78 is 26.5. The van der Waals surface area contributed by atoms with Gasteiger partial charge in [-0.05, 0) is 50.1 Å². The first-order chi connectivity index (χ1) is 21.9. The molecule has 1 saturated carbocycles. The van der Waals surface area contributed by atoms with Crippen molar-refractivity contribution in [3.63, 3.8) is 0 Å². The lowest BCUT2D eigenvalue weighted by Gasteiger charge is -2.26. The average Bonchev–Trinajstić information content (AvgIpc) is 3.76. The third kappa shape index (κ3) is 16.4. The zero-order valence-corrected chi connectivity index (χ0v) is 27.2. The van der Waals surface area contributed by atoms with Crippen molar-refractivity contribution in [3.05, 3.63) is 46.3 Å². The molecule has 1 aromatic rings. The van der Waals surface area contributed by atoms with Gasteiger partial charge in [-0.2, -0.15) is 0 Å². The molecule has 4 atom stereocenters. The van der Waals surface area contributed by atoms with Crippen LogP contribution in [0.5, 0.6) is 0 Å². The molecule has 2 rings (SSSR count). The number of ether oxygens (including phenoxy) is 5. The number of amides is 3. The van der Waals surface area contributed by atoms with Crippen molar-refractivity contribution in [3.8, 4) is 0 Å². The maximum absolute atomic E-state index is 13.5. The normalized spacial score (nSPS) is 16.8. The number of hydrazine groups is 1. The molecule has 1 fully saturated rings. The largest absolute Gasteiger partial charge is 0.460 e. The second-order valence-electron chi connectivity index (χ2n) is 11.8. The Morgan fingerprint density at radius 2 is 1.76 bits per heavy atom. The van der Waals surface area contributed by atoms with E-state index in [-0.39, 0.29) is 57.8 Å². The van der Waals surface area contributed by atoms with Crippen molar-refractivity contribution in [2.45, 2.75) is 57.9 Å². The SMILES string of the molecule is COCCOCCOC[C@H](NC(=O)OC(C)(C)C)C(=O)N[C@H](CC(=O)NN(C)CC(=O)OCc1ccccc1)[C@H]1C[C@H]1CN=[N+]=[N-]. The van der Waals surface area contributed by atoms with Gasteiger partial charge in [0.25, 0.3) is 0 Å². The molecule has 16 heteroatoms. The van der Waals surface area contributed by atoms with E-state index >= 15 is 0 Å². The van der Waals surface area contributed by atoms with Crippen LogP contribution in [-0.2, 0) is 44.7 Å². The van der Waals surface area contributed by atoms with Crippen LogP contribution in [0.25, 0.3) is 10.4 Å². The molecule has 0 spiro atoms. The minimum atomic E-state index is -1.14. The lowest BCUT2D eigenvalue weighted by atomic mass is 10.1. The Labute approximate surface area is 269 Å². The third-order valence-corrected chi connectivity index (χ3v) is 6.63. The molecule has 1 aliphatic rings. The number of hydrogen-bond donors (Lipinski definition) is 3. The molecule has 0 radical (unpaired) electrons. The molecule has 3 N–H and O–H groups in total. The van der Waals surface area contributed by atoms with Gasteiger partial charge in [-0.1, -0.05) is 35.4 Å². The smallest absolute Gasteiger partial charge is 0.408 e. The van der Waals surface area contributed by atoms with Gasteiger partial charge in [-0.15, -0.1) is 0 Å². The molecule has 0 saturated heterocycles. The number of methoxy groups -OCH3 is 1. The van der Waals surface area contributed by atoms with E-state index < -0.39 is 41.6 Å². The van der Waals surface area contributed by atoms with Crippen molar-refractivity contribution in [1.29, 1.82) is 0 Å². The molecule has 1 aliphatic carbocycles. The van der Waals surface area contributed by atoms with Crippen LogP contribution < -0.4 is 16.1 Å². The Morgan fingerprint density at radius 3 is 2.43 bits per heavy atom. The first-order valence-corrected chi connectivity index (χ1v) is 15.1. The number of carbonyl (C=O) groups excluding carboxylic acids is 4. The number of likely N-dealkylation sites (N-methyl/N-ethyl adjacent to an activating group) is 1. The van der Waals surface area contributed by atoms with Gasteiger partial charge in [-0.3, -0.25) is 19.8 Å². The van der Waals surface area contributed by atoms with E-state index in [0.29, 0.717) is 19.6 Å². The lowest BCUT2D eigenvalue weighted by Crippen LogP contribution is -2.54. The Hall–Kier alpha value is -3.95. The molecule has 0 aromatic heterocycles. The molecule has 3 amide bonds. The van der Waals surface area contributed by atoms with Crippen LogP contribution in [-0.4, -0.2) is 107 Å². The number of carbonyl (C=O) groups is 4. The van der Waals surface area contributed by atoms with Crippen LogP contribution in [0, 0.1) is 11.8 Å². The highest BCUT2D eigenvalue weighted by Crippen LogP contribution is 2.42. The summed E-state index contributed by atoms with van der Waals surface area (Å²) in [6.07, 6.45) is -0.325. The average molecular weight is 650 g/mol. The summed E-state index contributed by atoms with van der Waals surface area (Å²) in [5.74, 6) is -1.76. The van der Waals surface area contributed by atoms with E-state index in [4.69, 9.17) is 29.2 Å². The fourth-order valence-electron chi connectivity index (χ4n) is 4.38. The maximum atomic E-state index is 13.5. The summed E-state index contributed by atoms with van der Waals surface area (Å²) >= 11 is 0. The monoisotopic (exact) mass is 649 g/mol. The Morgan fingerprint density at radius 1 is 1.07 bits per heavy atom. The number of alkyl carbamates (subject to hydrolysis) is 1. The summed E-state index contributed by atoms with van der Waals surface area (Å²) in [5, 5.41) is 10.3. The van der Waals surface area contributed by atoms with Crippen LogP contribution in [0.3, 0.4) is 0 Å². The standard InChI is InChI=1S/C30H47N7O9/c1-30(2,3)46-29(41)34-25(20-44-14-13-43-12-11-42-5)28(40)33-24(23-15-22(23)17-32-36-31)16-26(38)35-37(4)18-27(39)45-19-21-9-7-6-8-10-21/h6-10,22-25H,11-20H2,1-5H3,(H,33,40)(H,34,41)(H,35,38)/t22-,23-,24+,25-/m0/s1. The minimum absolute atomic E-state index is 0.0301. The van der Waals surface area contributed by atoms with Crippen LogP contribution in [0.4, 0.5) is 4.79 Å². The second-order valence-corrected chi connectivity index (χ2v) is 11.8. The predicted molar refractivity (Wildman–Crippen MR) is 166 cm³/mol. The maximum Gasteiger partial charge on any atom is 0.408 e. The quantitative estimate of drug-likeness (QED) is 0.0442. The molecule has 46 heavy (non-hydrogen) atoms. The molecule has 0 bridgehead atoms. The van der Waals surface area contributed by atoms with Crippen molar-refractivity contribution >= 4 is 23.9 Å². The zero-order chi connectivity index (χ0) is 34.0. The van der Waals surface area contributed by atoms with Crippen LogP contribution in [0.1, 0.15) is 39.2 Å². The van der Waals surface area contributed by atoms with Crippen LogP contribution >= 0.6 is 0 Å². The van der Waals surface area contributed by atoms with Gasteiger partial charge >= 0.3 is 12.1 Å². The summed E-state index contributed by atoms with van der Waals surface area (Å²) in [5.41, 5.74) is 11.4. The summed E-state index contributed by atoms with van der Waals surface area (Å²) in [4.78, 5) is 54.1. The number of nitrogens with zero attached hydrogens (tertiary/aromatic N) is 4. The summed E-state index contributed by atoms with van der Waals surface area (Å²) in [6, 6.07) is 7.40. The van der Waals surface area contributed by atoms with Gasteiger partial charge in [0, 0.05) is 38.1 Å². The van der Waals surface area contributed by atoms with Gasteiger partial charge in [0.1, 0.15) is 24.8 Å². The number of azide groups is 1. The number of esters is 1. The number of rotatable bonds is 21. The van der Waals surface area contributed by atoms with Gasteiger partial charge in [-0.25, -0.2) is 9.80 Å². The van der Waals surface area contributed by atoms with E-state index in [1.165, 1.54) is 12.1 Å². The first kappa shape index (κ1) is 38.2. The number of nitrogens with one attached hydrogen (secondary N) is 3. The number of hydrogen-bond acceptors (Lipinski definition) is 11. The van der Waals surface area contributed by atoms with E-state index in [1.54, 1.807) is 27.9 Å². The molecule has 1 aromatic carbocycles. The highest BCUT2D eigenvalue weighted by atomic mass is 16.6. The van der Waals surface area contributed by atoms with Gasteiger partial charge in [0.15, 0.2) is 0 Å². The van der Waals surface area contributed by atoms with Crippen molar-refractivity contribution < 1.29 is 42.9 Å². The highest BCUT2D eigenvalue weighted by molar-refractivity contribution is 5.87. The second kappa shape index (κ2) is 20.2. The van der Waals surface area contributed by atoms with Gasteiger partial charge in [0.05, 0.1) is 33.0 Å². The van der Waals surface area contributed by atoms with Crippen LogP contribution in [0.2, 0.25) is 0 Å². The highest BCUT2D eigenvalue weighted by Gasteiger charge is 2.44. The Kier molecular flexibility index (Phi) is 16.8.